The second-order valence-electron chi connectivity index (χ2n) is 4.81. The Morgan fingerprint density at radius 1 is 1.20 bits per heavy atom. The summed E-state index contributed by atoms with van der Waals surface area (Å²) in [5.74, 6) is 0.700. The minimum Gasteiger partial charge on any atom is -0.496 e. The van der Waals surface area contributed by atoms with Crippen LogP contribution in [0.15, 0.2) is 36.4 Å². The van der Waals surface area contributed by atoms with E-state index in [0.29, 0.717) is 13.0 Å². The van der Waals surface area contributed by atoms with Crippen molar-refractivity contribution in [2.45, 2.75) is 26.2 Å². The quantitative estimate of drug-likeness (QED) is 0.774. The van der Waals surface area contributed by atoms with Crippen LogP contribution in [0.4, 0.5) is 0 Å². The second-order valence-corrected chi connectivity index (χ2v) is 4.81. The number of hydrogen-bond donors (Lipinski definition) is 0. The Balaban J connectivity index is 2.42. The standard InChI is InChI=1S/C17H20O3/c1-4-20-16(18)11-12(2)17-14-8-6-5-7-13(14)9-10-15(17)19-3/h5-10,12H,4,11H2,1-3H3. The monoisotopic (exact) mass is 272 g/mol. The Labute approximate surface area is 119 Å². The molecule has 0 saturated heterocycles. The van der Waals surface area contributed by atoms with Crippen molar-refractivity contribution in [3.63, 3.8) is 0 Å². The SMILES string of the molecule is CCOC(=O)CC(C)c1c(OC)ccc2ccccc12. The van der Waals surface area contributed by atoms with Gasteiger partial charge in [-0.05, 0) is 29.7 Å². The van der Waals surface area contributed by atoms with Gasteiger partial charge in [-0.2, -0.15) is 0 Å². The fourth-order valence-corrected chi connectivity index (χ4v) is 2.53. The molecule has 20 heavy (non-hydrogen) atoms. The van der Waals surface area contributed by atoms with Gasteiger partial charge in [0.15, 0.2) is 0 Å². The summed E-state index contributed by atoms with van der Waals surface area (Å²) in [5, 5.41) is 2.28. The summed E-state index contributed by atoms with van der Waals surface area (Å²) in [4.78, 5) is 11.7. The highest BCUT2D eigenvalue weighted by atomic mass is 16.5. The summed E-state index contributed by atoms with van der Waals surface area (Å²) in [6.45, 7) is 4.26. The highest BCUT2D eigenvalue weighted by molar-refractivity contribution is 5.89. The maximum atomic E-state index is 11.7. The first-order valence-corrected chi connectivity index (χ1v) is 6.88. The Hall–Kier alpha value is -2.03. The van der Waals surface area contributed by atoms with Crippen molar-refractivity contribution in [3.05, 3.63) is 42.0 Å². The molecule has 0 aliphatic rings. The van der Waals surface area contributed by atoms with Crippen LogP contribution in [0.1, 0.15) is 31.7 Å². The normalized spacial score (nSPS) is 12.2. The van der Waals surface area contributed by atoms with Crippen LogP contribution in [0.25, 0.3) is 10.8 Å². The van der Waals surface area contributed by atoms with Crippen molar-refractivity contribution in [3.8, 4) is 5.75 Å². The zero-order valence-electron chi connectivity index (χ0n) is 12.2. The molecule has 2 aromatic rings. The fraction of sp³-hybridized carbons (Fsp3) is 0.353. The molecule has 0 radical (unpaired) electrons. The summed E-state index contributed by atoms with van der Waals surface area (Å²) in [6, 6.07) is 12.1. The number of hydrogen-bond acceptors (Lipinski definition) is 3. The fourth-order valence-electron chi connectivity index (χ4n) is 2.53. The third kappa shape index (κ3) is 2.93. The zero-order chi connectivity index (χ0) is 14.5. The van der Waals surface area contributed by atoms with Crippen molar-refractivity contribution < 1.29 is 14.3 Å². The predicted molar refractivity (Wildman–Crippen MR) is 80.2 cm³/mol. The Kier molecular flexibility index (Phi) is 4.61. The molecule has 0 aromatic heterocycles. The molecule has 2 rings (SSSR count). The van der Waals surface area contributed by atoms with E-state index in [-0.39, 0.29) is 11.9 Å². The van der Waals surface area contributed by atoms with Gasteiger partial charge in [-0.1, -0.05) is 37.3 Å². The lowest BCUT2D eigenvalue weighted by atomic mass is 9.91. The molecule has 0 N–H and O–H groups in total. The van der Waals surface area contributed by atoms with Crippen molar-refractivity contribution in [1.82, 2.24) is 0 Å². The molecular weight excluding hydrogens is 252 g/mol. The van der Waals surface area contributed by atoms with Gasteiger partial charge in [-0.25, -0.2) is 0 Å². The van der Waals surface area contributed by atoms with E-state index in [4.69, 9.17) is 9.47 Å². The van der Waals surface area contributed by atoms with Crippen LogP contribution in [-0.2, 0) is 9.53 Å². The number of methoxy groups -OCH3 is 1. The molecule has 2 aromatic carbocycles. The molecule has 0 fully saturated rings. The molecule has 1 atom stereocenters. The molecule has 3 heteroatoms. The molecule has 3 nitrogen and oxygen atoms in total. The molecule has 0 aliphatic heterocycles. The summed E-state index contributed by atoms with van der Waals surface area (Å²) in [6.07, 6.45) is 0.359. The maximum absolute atomic E-state index is 11.7. The minimum absolute atomic E-state index is 0.0510. The first-order chi connectivity index (χ1) is 9.67. The third-order valence-corrected chi connectivity index (χ3v) is 3.42. The van der Waals surface area contributed by atoms with Gasteiger partial charge in [-0.3, -0.25) is 4.79 Å². The molecule has 1 unspecified atom stereocenters. The van der Waals surface area contributed by atoms with Gasteiger partial charge >= 0.3 is 5.97 Å². The average molecular weight is 272 g/mol. The average Bonchev–Trinajstić information content (AvgIpc) is 2.46. The number of benzene rings is 2. The van der Waals surface area contributed by atoms with E-state index in [9.17, 15) is 4.79 Å². The summed E-state index contributed by atoms with van der Waals surface area (Å²) in [7, 11) is 1.66. The Morgan fingerprint density at radius 3 is 2.65 bits per heavy atom. The van der Waals surface area contributed by atoms with E-state index in [1.807, 2.05) is 38.1 Å². The molecule has 0 aliphatic carbocycles. The van der Waals surface area contributed by atoms with Crippen molar-refractivity contribution in [2.24, 2.45) is 0 Å². The molecule has 0 amide bonds. The molecule has 106 valence electrons. The van der Waals surface area contributed by atoms with Crippen LogP contribution in [0.2, 0.25) is 0 Å². The maximum Gasteiger partial charge on any atom is 0.306 e. The van der Waals surface area contributed by atoms with Gasteiger partial charge in [0.2, 0.25) is 0 Å². The van der Waals surface area contributed by atoms with E-state index in [0.717, 1.165) is 22.1 Å². The predicted octanol–water partition coefficient (Wildman–Crippen LogP) is 3.91. The zero-order valence-corrected chi connectivity index (χ0v) is 12.2. The summed E-state index contributed by atoms with van der Waals surface area (Å²) < 4.78 is 10.5. The van der Waals surface area contributed by atoms with Crippen molar-refractivity contribution in [2.75, 3.05) is 13.7 Å². The molecule has 0 saturated carbocycles. The molecule has 0 spiro atoms. The lowest BCUT2D eigenvalue weighted by Crippen LogP contribution is -2.09. The van der Waals surface area contributed by atoms with E-state index in [1.54, 1.807) is 7.11 Å². The smallest absolute Gasteiger partial charge is 0.306 e. The number of carbonyl (C=O) groups excluding carboxylic acids is 1. The minimum atomic E-state index is -0.171. The summed E-state index contributed by atoms with van der Waals surface area (Å²) in [5.41, 5.74) is 1.07. The van der Waals surface area contributed by atoms with Gasteiger partial charge in [-0.15, -0.1) is 0 Å². The van der Waals surface area contributed by atoms with Crippen molar-refractivity contribution >= 4 is 16.7 Å². The Morgan fingerprint density at radius 2 is 1.95 bits per heavy atom. The largest absolute Gasteiger partial charge is 0.496 e. The van der Waals surface area contributed by atoms with Crippen LogP contribution in [-0.4, -0.2) is 19.7 Å². The topological polar surface area (TPSA) is 35.5 Å². The number of esters is 1. The number of ether oxygens (including phenoxy) is 2. The highest BCUT2D eigenvalue weighted by Crippen LogP contribution is 2.35. The molecular formula is C17H20O3. The number of carbonyl (C=O) groups is 1. The first kappa shape index (κ1) is 14.4. The van der Waals surface area contributed by atoms with Gasteiger partial charge in [0, 0.05) is 5.56 Å². The highest BCUT2D eigenvalue weighted by Gasteiger charge is 2.18. The van der Waals surface area contributed by atoms with Crippen LogP contribution in [0.3, 0.4) is 0 Å². The molecule has 0 heterocycles. The van der Waals surface area contributed by atoms with Crippen LogP contribution >= 0.6 is 0 Å². The van der Waals surface area contributed by atoms with E-state index in [1.165, 1.54) is 0 Å². The molecule has 0 bridgehead atoms. The number of rotatable bonds is 5. The first-order valence-electron chi connectivity index (χ1n) is 6.88. The second kappa shape index (κ2) is 6.42. The van der Waals surface area contributed by atoms with E-state index in [2.05, 4.69) is 12.1 Å². The summed E-state index contributed by atoms with van der Waals surface area (Å²) >= 11 is 0. The van der Waals surface area contributed by atoms with E-state index < -0.39 is 0 Å². The van der Waals surface area contributed by atoms with Crippen LogP contribution in [0, 0.1) is 0 Å². The number of fused-ring (bicyclic) bond motifs is 1. The van der Waals surface area contributed by atoms with Crippen LogP contribution in [0.5, 0.6) is 5.75 Å². The third-order valence-electron chi connectivity index (χ3n) is 3.42. The van der Waals surface area contributed by atoms with Gasteiger partial charge in [0.1, 0.15) is 5.75 Å². The van der Waals surface area contributed by atoms with Crippen LogP contribution < -0.4 is 4.74 Å². The van der Waals surface area contributed by atoms with E-state index >= 15 is 0 Å². The van der Waals surface area contributed by atoms with Crippen molar-refractivity contribution in [1.29, 1.82) is 0 Å². The van der Waals surface area contributed by atoms with Gasteiger partial charge < -0.3 is 9.47 Å². The lowest BCUT2D eigenvalue weighted by molar-refractivity contribution is -0.143. The lowest BCUT2D eigenvalue weighted by Gasteiger charge is -2.17. The van der Waals surface area contributed by atoms with Gasteiger partial charge in [0.25, 0.3) is 0 Å². The Bertz CT molecular complexity index is 604. The van der Waals surface area contributed by atoms with Gasteiger partial charge in [0.05, 0.1) is 20.1 Å².